The number of rotatable bonds is 9. The second-order valence-corrected chi connectivity index (χ2v) is 10.3. The summed E-state index contributed by atoms with van der Waals surface area (Å²) in [6.07, 6.45) is 0. The average Bonchev–Trinajstić information content (AvgIpc) is 2.93. The number of carbonyl (C=O) groups excluding carboxylic acids is 1. The van der Waals surface area contributed by atoms with Gasteiger partial charge >= 0.3 is 0 Å². The highest BCUT2D eigenvalue weighted by atomic mass is 35.5. The first-order valence-corrected chi connectivity index (χ1v) is 13.1. The SMILES string of the molecule is COc1cc(NC(=O)c2ccc(CN(c3ccccc3)S(=O)(=O)c3ccccc3)cc2)c(OC)cc1Cl. The number of carbonyl (C=O) groups is 1. The van der Waals surface area contributed by atoms with E-state index in [1.54, 1.807) is 91.0 Å². The van der Waals surface area contributed by atoms with Crippen molar-refractivity contribution in [3.8, 4) is 11.5 Å². The fraction of sp³-hybridized carbons (Fsp3) is 0.107. The molecule has 0 saturated carbocycles. The summed E-state index contributed by atoms with van der Waals surface area (Å²) in [7, 11) is -0.862. The van der Waals surface area contributed by atoms with Gasteiger partial charge in [0, 0.05) is 17.7 Å². The molecule has 0 atom stereocenters. The quantitative estimate of drug-likeness (QED) is 0.283. The maximum Gasteiger partial charge on any atom is 0.264 e. The van der Waals surface area contributed by atoms with Crippen LogP contribution in [0.2, 0.25) is 5.02 Å². The van der Waals surface area contributed by atoms with Crippen molar-refractivity contribution in [2.24, 2.45) is 0 Å². The molecule has 7 nitrogen and oxygen atoms in total. The van der Waals surface area contributed by atoms with Gasteiger partial charge in [-0.2, -0.15) is 0 Å². The van der Waals surface area contributed by atoms with E-state index in [0.717, 1.165) is 0 Å². The third-order valence-electron chi connectivity index (χ3n) is 5.64. The number of halogens is 1. The molecule has 1 amide bonds. The van der Waals surface area contributed by atoms with Gasteiger partial charge in [-0.15, -0.1) is 0 Å². The van der Waals surface area contributed by atoms with Gasteiger partial charge in [0.25, 0.3) is 15.9 Å². The molecule has 4 rings (SSSR count). The second kappa shape index (κ2) is 11.4. The van der Waals surface area contributed by atoms with Crippen LogP contribution in [0.1, 0.15) is 15.9 Å². The smallest absolute Gasteiger partial charge is 0.264 e. The predicted molar refractivity (Wildman–Crippen MR) is 145 cm³/mol. The van der Waals surface area contributed by atoms with Crippen molar-refractivity contribution in [3.05, 3.63) is 113 Å². The number of sulfonamides is 1. The molecule has 0 aliphatic carbocycles. The first kappa shape index (κ1) is 26.1. The van der Waals surface area contributed by atoms with Crippen LogP contribution in [0.4, 0.5) is 11.4 Å². The highest BCUT2D eigenvalue weighted by Gasteiger charge is 2.25. The molecule has 0 aromatic heterocycles. The maximum absolute atomic E-state index is 13.5. The zero-order chi connectivity index (χ0) is 26.4. The standard InChI is InChI=1S/C28H25ClN2O5S/c1-35-26-18-25(27(36-2)17-24(26)29)30-28(32)21-15-13-20(14-16-21)19-31(22-9-5-3-6-10-22)37(33,34)23-11-7-4-8-12-23/h3-18H,19H2,1-2H3,(H,30,32). The van der Waals surface area contributed by atoms with E-state index in [2.05, 4.69) is 5.32 Å². The fourth-order valence-electron chi connectivity index (χ4n) is 3.71. The van der Waals surface area contributed by atoms with Crippen molar-refractivity contribution < 1.29 is 22.7 Å². The number of hydrogen-bond acceptors (Lipinski definition) is 5. The molecule has 0 radical (unpaired) electrons. The summed E-state index contributed by atoms with van der Waals surface area (Å²) in [4.78, 5) is 13.1. The molecule has 4 aromatic carbocycles. The Bertz CT molecular complexity index is 1480. The second-order valence-electron chi connectivity index (χ2n) is 8.00. The number of methoxy groups -OCH3 is 2. The third kappa shape index (κ3) is 5.87. The summed E-state index contributed by atoms with van der Waals surface area (Å²) in [5, 5.41) is 3.16. The van der Waals surface area contributed by atoms with Crippen LogP contribution < -0.4 is 19.1 Å². The summed E-state index contributed by atoms with van der Waals surface area (Å²) in [5.41, 5.74) is 2.04. The third-order valence-corrected chi connectivity index (χ3v) is 7.72. The first-order chi connectivity index (χ1) is 17.8. The molecule has 4 aromatic rings. The van der Waals surface area contributed by atoms with E-state index < -0.39 is 10.0 Å². The minimum atomic E-state index is -3.82. The Labute approximate surface area is 221 Å². The monoisotopic (exact) mass is 536 g/mol. The van der Waals surface area contributed by atoms with Gasteiger partial charge in [-0.05, 0) is 42.0 Å². The maximum atomic E-state index is 13.5. The number of hydrogen-bond donors (Lipinski definition) is 1. The van der Waals surface area contributed by atoms with Gasteiger partial charge in [0.2, 0.25) is 0 Å². The molecule has 0 spiro atoms. The Balaban J connectivity index is 1.58. The molecule has 0 saturated heterocycles. The Morgan fingerprint density at radius 1 is 0.838 bits per heavy atom. The molecule has 0 aliphatic rings. The van der Waals surface area contributed by atoms with Gasteiger partial charge in [-0.25, -0.2) is 8.42 Å². The summed E-state index contributed by atoms with van der Waals surface area (Å²) < 4.78 is 38.9. The van der Waals surface area contributed by atoms with E-state index in [0.29, 0.717) is 39.0 Å². The van der Waals surface area contributed by atoms with Crippen molar-refractivity contribution in [1.82, 2.24) is 0 Å². The van der Waals surface area contributed by atoms with Gasteiger partial charge < -0.3 is 14.8 Å². The van der Waals surface area contributed by atoms with Gasteiger partial charge in [0.1, 0.15) is 11.5 Å². The topological polar surface area (TPSA) is 84.9 Å². The number of anilines is 2. The van der Waals surface area contributed by atoms with Gasteiger partial charge in [0.15, 0.2) is 0 Å². The van der Waals surface area contributed by atoms with Crippen LogP contribution in [0.15, 0.2) is 102 Å². The van der Waals surface area contributed by atoms with Crippen molar-refractivity contribution >= 4 is 38.9 Å². The highest BCUT2D eigenvalue weighted by Crippen LogP contribution is 2.36. The van der Waals surface area contributed by atoms with Crippen LogP contribution >= 0.6 is 11.6 Å². The van der Waals surface area contributed by atoms with Gasteiger partial charge in [-0.1, -0.05) is 60.1 Å². The number of benzene rings is 4. The zero-order valence-electron chi connectivity index (χ0n) is 20.2. The van der Waals surface area contributed by atoms with Crippen molar-refractivity contribution in [2.45, 2.75) is 11.4 Å². The Hall–Kier alpha value is -4.01. The molecule has 0 aliphatic heterocycles. The molecular weight excluding hydrogens is 512 g/mol. The van der Waals surface area contributed by atoms with E-state index in [1.165, 1.54) is 18.5 Å². The van der Waals surface area contributed by atoms with Crippen molar-refractivity contribution in [2.75, 3.05) is 23.8 Å². The zero-order valence-corrected chi connectivity index (χ0v) is 21.8. The van der Waals surface area contributed by atoms with Gasteiger partial charge in [-0.3, -0.25) is 9.10 Å². The molecule has 0 fully saturated rings. The number of nitrogens with zero attached hydrogens (tertiary/aromatic N) is 1. The minimum Gasteiger partial charge on any atom is -0.495 e. The summed E-state index contributed by atoms with van der Waals surface area (Å²) in [6, 6.07) is 27.1. The number of nitrogens with one attached hydrogen (secondary N) is 1. The number of ether oxygens (including phenoxy) is 2. The van der Waals surface area contributed by atoms with E-state index in [9.17, 15) is 13.2 Å². The molecule has 190 valence electrons. The number of para-hydroxylation sites is 1. The van der Waals surface area contributed by atoms with Crippen molar-refractivity contribution in [1.29, 1.82) is 0 Å². The lowest BCUT2D eigenvalue weighted by Gasteiger charge is -2.25. The van der Waals surface area contributed by atoms with E-state index in [1.807, 2.05) is 6.07 Å². The Morgan fingerprint density at radius 2 is 1.43 bits per heavy atom. The Morgan fingerprint density at radius 3 is 2.03 bits per heavy atom. The van der Waals surface area contributed by atoms with Crippen LogP contribution in [-0.2, 0) is 16.6 Å². The summed E-state index contributed by atoms with van der Waals surface area (Å²) >= 11 is 6.14. The van der Waals surface area contributed by atoms with Crippen molar-refractivity contribution in [3.63, 3.8) is 0 Å². The summed E-state index contributed by atoms with van der Waals surface area (Å²) in [5.74, 6) is 0.417. The van der Waals surface area contributed by atoms with Crippen LogP contribution in [0.25, 0.3) is 0 Å². The van der Waals surface area contributed by atoms with Crippen LogP contribution in [-0.4, -0.2) is 28.5 Å². The highest BCUT2D eigenvalue weighted by molar-refractivity contribution is 7.92. The normalized spacial score (nSPS) is 11.0. The lowest BCUT2D eigenvalue weighted by Crippen LogP contribution is -2.30. The molecule has 9 heteroatoms. The summed E-state index contributed by atoms with van der Waals surface area (Å²) in [6.45, 7) is 0.0886. The Kier molecular flexibility index (Phi) is 8.01. The first-order valence-electron chi connectivity index (χ1n) is 11.3. The average molecular weight is 537 g/mol. The fourth-order valence-corrected chi connectivity index (χ4v) is 5.41. The molecule has 1 N–H and O–H groups in total. The van der Waals surface area contributed by atoms with Crippen LogP contribution in [0.3, 0.4) is 0 Å². The lowest BCUT2D eigenvalue weighted by molar-refractivity contribution is 0.102. The molecule has 0 unspecified atom stereocenters. The molecule has 37 heavy (non-hydrogen) atoms. The predicted octanol–water partition coefficient (Wildman–Crippen LogP) is 6.01. The van der Waals surface area contributed by atoms with E-state index >= 15 is 0 Å². The molecular formula is C28H25ClN2O5S. The van der Waals surface area contributed by atoms with Gasteiger partial charge in [0.05, 0.1) is 42.1 Å². The largest absolute Gasteiger partial charge is 0.495 e. The van der Waals surface area contributed by atoms with E-state index in [4.69, 9.17) is 21.1 Å². The lowest BCUT2D eigenvalue weighted by atomic mass is 10.1. The van der Waals surface area contributed by atoms with Crippen LogP contribution in [0, 0.1) is 0 Å². The minimum absolute atomic E-state index is 0.0886. The molecule has 0 bridgehead atoms. The van der Waals surface area contributed by atoms with Crippen LogP contribution in [0.5, 0.6) is 11.5 Å². The molecule has 0 heterocycles. The number of amides is 1. The van der Waals surface area contributed by atoms with E-state index in [-0.39, 0.29) is 17.3 Å².